The van der Waals surface area contributed by atoms with Crippen molar-refractivity contribution in [3.05, 3.63) is 24.5 Å². The molecule has 0 fully saturated rings. The van der Waals surface area contributed by atoms with Gasteiger partial charge in [-0.15, -0.1) is 11.8 Å². The van der Waals surface area contributed by atoms with Crippen molar-refractivity contribution in [1.82, 2.24) is 0 Å². The summed E-state index contributed by atoms with van der Waals surface area (Å²) in [7, 11) is 1.65. The average Bonchev–Trinajstić information content (AvgIpc) is 1.90. The van der Waals surface area contributed by atoms with Gasteiger partial charge in [0.25, 0.3) is 0 Å². The van der Waals surface area contributed by atoms with Gasteiger partial charge in [-0.05, 0) is 6.26 Å². The predicted molar refractivity (Wildman–Crippen MR) is 47.8 cm³/mol. The van der Waals surface area contributed by atoms with Crippen molar-refractivity contribution in [2.75, 3.05) is 13.3 Å². The zero-order valence-electron chi connectivity index (χ0n) is 6.22. The number of allylic oxidation sites excluding steroid dienone is 1. The maximum atomic E-state index is 8.87. The van der Waals surface area contributed by atoms with Crippen molar-refractivity contribution < 1.29 is 5.11 Å². The Morgan fingerprint density at radius 1 is 1.50 bits per heavy atom. The maximum Gasteiger partial charge on any atom is 0.117 e. The SMILES string of the molecule is C=C(O)C(=C)C(=NC)SC. The Morgan fingerprint density at radius 2 is 2.00 bits per heavy atom. The number of aliphatic hydroxyl groups excluding tert-OH is 1. The quantitative estimate of drug-likeness (QED) is 0.288. The van der Waals surface area contributed by atoms with E-state index in [4.69, 9.17) is 5.11 Å². The molecule has 0 aliphatic carbocycles. The van der Waals surface area contributed by atoms with Gasteiger partial charge in [0, 0.05) is 12.6 Å². The highest BCUT2D eigenvalue weighted by molar-refractivity contribution is 8.13. The van der Waals surface area contributed by atoms with Crippen LogP contribution in [0.25, 0.3) is 0 Å². The molecule has 0 rings (SSSR count). The van der Waals surface area contributed by atoms with E-state index in [1.165, 1.54) is 11.8 Å². The number of hydrogen-bond acceptors (Lipinski definition) is 3. The minimum absolute atomic E-state index is 0.0186. The number of nitrogens with zero attached hydrogens (tertiary/aromatic N) is 1. The lowest BCUT2D eigenvalue weighted by atomic mass is 10.3. The minimum Gasteiger partial charge on any atom is -0.508 e. The first kappa shape index (κ1) is 9.30. The van der Waals surface area contributed by atoms with Crippen LogP contribution >= 0.6 is 11.8 Å². The number of aliphatic imine (C=N–C) groups is 1. The highest BCUT2D eigenvalue weighted by Gasteiger charge is 2.03. The molecule has 1 N–H and O–H groups in total. The van der Waals surface area contributed by atoms with Gasteiger partial charge in [0.1, 0.15) is 10.8 Å². The number of thioether (sulfide) groups is 1. The van der Waals surface area contributed by atoms with Gasteiger partial charge in [-0.3, -0.25) is 4.99 Å². The molecule has 0 aliphatic rings. The lowest BCUT2D eigenvalue weighted by Gasteiger charge is -2.02. The summed E-state index contributed by atoms with van der Waals surface area (Å²) in [6, 6.07) is 0. The summed E-state index contributed by atoms with van der Waals surface area (Å²) in [5.74, 6) is -0.0186. The third kappa shape index (κ3) is 2.27. The number of hydrogen-bond donors (Lipinski definition) is 1. The maximum absolute atomic E-state index is 8.87. The van der Waals surface area contributed by atoms with Crippen LogP contribution in [0.4, 0.5) is 0 Å². The van der Waals surface area contributed by atoms with Gasteiger partial charge >= 0.3 is 0 Å². The molecular weight excluding hydrogens is 146 g/mol. The van der Waals surface area contributed by atoms with Gasteiger partial charge in [0.05, 0.1) is 0 Å². The molecule has 0 aliphatic heterocycles. The largest absolute Gasteiger partial charge is 0.508 e. The van der Waals surface area contributed by atoms with E-state index < -0.39 is 0 Å². The zero-order valence-corrected chi connectivity index (χ0v) is 7.03. The molecule has 0 aromatic carbocycles. The van der Waals surface area contributed by atoms with E-state index >= 15 is 0 Å². The Labute approximate surface area is 65.4 Å². The molecular formula is C7H11NOS. The lowest BCUT2D eigenvalue weighted by Crippen LogP contribution is -1.97. The molecule has 0 amide bonds. The highest BCUT2D eigenvalue weighted by Crippen LogP contribution is 2.12. The van der Waals surface area contributed by atoms with Crippen molar-refractivity contribution >= 4 is 16.8 Å². The summed E-state index contributed by atoms with van der Waals surface area (Å²) in [6.45, 7) is 6.93. The zero-order chi connectivity index (χ0) is 8.15. The molecule has 10 heavy (non-hydrogen) atoms. The van der Waals surface area contributed by atoms with E-state index in [0.717, 1.165) is 0 Å². The molecule has 0 unspecified atom stereocenters. The first-order valence-corrected chi connectivity index (χ1v) is 3.94. The predicted octanol–water partition coefficient (Wildman–Crippen LogP) is 2.01. The summed E-state index contributed by atoms with van der Waals surface area (Å²) in [5.41, 5.74) is 0.495. The number of rotatable bonds is 2. The van der Waals surface area contributed by atoms with Crippen LogP contribution in [0.1, 0.15) is 0 Å². The molecule has 0 aromatic rings. The molecule has 2 nitrogen and oxygen atoms in total. The van der Waals surface area contributed by atoms with Gasteiger partial charge in [-0.25, -0.2) is 0 Å². The van der Waals surface area contributed by atoms with Crippen LogP contribution in [0.3, 0.4) is 0 Å². The average molecular weight is 157 g/mol. The van der Waals surface area contributed by atoms with Crippen molar-refractivity contribution in [2.45, 2.75) is 0 Å². The van der Waals surface area contributed by atoms with Crippen molar-refractivity contribution in [3.8, 4) is 0 Å². The second kappa shape index (κ2) is 4.17. The van der Waals surface area contributed by atoms with Crippen LogP contribution in [0.5, 0.6) is 0 Å². The van der Waals surface area contributed by atoms with E-state index in [1.807, 2.05) is 6.26 Å². The van der Waals surface area contributed by atoms with E-state index in [2.05, 4.69) is 18.2 Å². The minimum atomic E-state index is -0.0186. The molecule has 0 aromatic heterocycles. The Hall–Kier alpha value is -0.700. The molecule has 0 saturated heterocycles. The standard InChI is InChI=1S/C7H11NOS/c1-5(6(2)9)7(8-3)10-4/h9H,1-2H2,3-4H3. The van der Waals surface area contributed by atoms with Crippen LogP contribution in [-0.2, 0) is 0 Å². The van der Waals surface area contributed by atoms with E-state index in [1.54, 1.807) is 7.05 Å². The second-order valence-corrected chi connectivity index (χ2v) is 2.45. The summed E-state index contributed by atoms with van der Waals surface area (Å²) in [6.07, 6.45) is 1.87. The molecule has 3 heteroatoms. The first-order chi connectivity index (χ1) is 4.63. The van der Waals surface area contributed by atoms with Crippen molar-refractivity contribution in [2.24, 2.45) is 4.99 Å². The smallest absolute Gasteiger partial charge is 0.117 e. The molecule has 0 radical (unpaired) electrons. The summed E-state index contributed by atoms with van der Waals surface area (Å²) in [4.78, 5) is 3.89. The van der Waals surface area contributed by atoms with Crippen LogP contribution in [-0.4, -0.2) is 23.5 Å². The van der Waals surface area contributed by atoms with Gasteiger partial charge < -0.3 is 5.11 Å². The fraction of sp³-hybridized carbons (Fsp3) is 0.286. The Balaban J connectivity index is 4.33. The highest BCUT2D eigenvalue weighted by atomic mass is 32.2. The summed E-state index contributed by atoms with van der Waals surface area (Å²) >= 11 is 1.44. The number of aliphatic hydroxyl groups is 1. The molecule has 0 spiro atoms. The molecule has 0 heterocycles. The van der Waals surface area contributed by atoms with E-state index in [9.17, 15) is 0 Å². The molecule has 0 atom stereocenters. The van der Waals surface area contributed by atoms with Crippen molar-refractivity contribution in [1.29, 1.82) is 0 Å². The molecule has 0 saturated carbocycles. The lowest BCUT2D eigenvalue weighted by molar-refractivity contribution is 0.431. The fourth-order valence-electron chi connectivity index (χ4n) is 0.473. The Morgan fingerprint density at radius 3 is 2.10 bits per heavy atom. The van der Waals surface area contributed by atoms with Gasteiger partial charge in [0.15, 0.2) is 0 Å². The summed E-state index contributed by atoms with van der Waals surface area (Å²) in [5, 5.41) is 9.58. The van der Waals surface area contributed by atoms with Gasteiger partial charge in [-0.2, -0.15) is 0 Å². The third-order valence-corrected chi connectivity index (χ3v) is 1.82. The third-order valence-electron chi connectivity index (χ3n) is 1.00. The van der Waals surface area contributed by atoms with Crippen LogP contribution < -0.4 is 0 Å². The second-order valence-electron chi connectivity index (χ2n) is 1.66. The Bertz CT molecular complexity index is 184. The van der Waals surface area contributed by atoms with Gasteiger partial charge in [0.2, 0.25) is 0 Å². The van der Waals surface area contributed by atoms with Crippen LogP contribution in [0.15, 0.2) is 29.5 Å². The topological polar surface area (TPSA) is 32.6 Å². The van der Waals surface area contributed by atoms with Crippen molar-refractivity contribution in [3.63, 3.8) is 0 Å². The molecule has 0 bridgehead atoms. The monoisotopic (exact) mass is 157 g/mol. The van der Waals surface area contributed by atoms with Crippen LogP contribution in [0.2, 0.25) is 0 Å². The Kier molecular flexibility index (Phi) is 3.88. The van der Waals surface area contributed by atoms with Gasteiger partial charge in [-0.1, -0.05) is 13.2 Å². The normalized spacial score (nSPS) is 11.2. The first-order valence-electron chi connectivity index (χ1n) is 2.71. The summed E-state index contributed by atoms with van der Waals surface area (Å²) < 4.78 is 0. The molecule has 56 valence electrons. The van der Waals surface area contributed by atoms with Crippen LogP contribution in [0, 0.1) is 0 Å². The fourth-order valence-corrected chi connectivity index (χ4v) is 1.02. The van der Waals surface area contributed by atoms with E-state index in [-0.39, 0.29) is 5.76 Å². The van der Waals surface area contributed by atoms with E-state index in [0.29, 0.717) is 10.6 Å².